The molecule has 2 unspecified atom stereocenters. The van der Waals surface area contributed by atoms with Gasteiger partial charge in [-0.3, -0.25) is 0 Å². The molecular weight excluding hydrogens is 176 g/mol. The average molecular weight is 192 g/mol. The molecule has 0 radical (unpaired) electrons. The van der Waals surface area contributed by atoms with Gasteiger partial charge in [0.25, 0.3) is 0 Å². The van der Waals surface area contributed by atoms with Gasteiger partial charge in [0.1, 0.15) is 0 Å². The molecule has 2 rings (SSSR count). The molecule has 1 fully saturated rings. The summed E-state index contributed by atoms with van der Waals surface area (Å²) in [5, 5.41) is 9.92. The van der Waals surface area contributed by atoms with Crippen molar-refractivity contribution < 1.29 is 9.84 Å². The highest BCUT2D eigenvalue weighted by Gasteiger charge is 2.23. The number of ether oxygens (including phenoxy) is 1. The van der Waals surface area contributed by atoms with E-state index in [0.29, 0.717) is 12.5 Å². The Kier molecular flexibility index (Phi) is 3.17. The van der Waals surface area contributed by atoms with Crippen LogP contribution < -0.4 is 0 Å². The van der Waals surface area contributed by atoms with Crippen LogP contribution in [0.15, 0.2) is 30.3 Å². The minimum absolute atomic E-state index is 0.250. The number of aliphatic hydroxyl groups excluding tert-OH is 1. The number of hydrogen-bond acceptors (Lipinski definition) is 2. The number of benzene rings is 1. The van der Waals surface area contributed by atoms with Crippen LogP contribution in [0.2, 0.25) is 0 Å². The Morgan fingerprint density at radius 1 is 1.36 bits per heavy atom. The van der Waals surface area contributed by atoms with E-state index in [9.17, 15) is 5.11 Å². The van der Waals surface area contributed by atoms with Crippen molar-refractivity contribution in [3.05, 3.63) is 35.9 Å². The zero-order chi connectivity index (χ0) is 9.80. The van der Waals surface area contributed by atoms with Crippen LogP contribution in [0.3, 0.4) is 0 Å². The molecule has 1 saturated heterocycles. The quantitative estimate of drug-likeness (QED) is 0.788. The van der Waals surface area contributed by atoms with Gasteiger partial charge in [0.2, 0.25) is 0 Å². The van der Waals surface area contributed by atoms with Gasteiger partial charge in [-0.2, -0.15) is 0 Å². The maximum atomic E-state index is 9.92. The number of aliphatic hydroxyl groups is 1. The van der Waals surface area contributed by atoms with E-state index in [1.807, 2.05) is 18.2 Å². The van der Waals surface area contributed by atoms with Gasteiger partial charge in [0.05, 0.1) is 12.7 Å². The van der Waals surface area contributed by atoms with Crippen molar-refractivity contribution in [2.75, 3.05) is 13.2 Å². The fourth-order valence-corrected chi connectivity index (χ4v) is 1.88. The topological polar surface area (TPSA) is 29.5 Å². The third kappa shape index (κ3) is 2.34. The monoisotopic (exact) mass is 192 g/mol. The molecule has 2 heteroatoms. The SMILES string of the molecule is OC(Cc1ccccc1)C1CCOC1. The first-order valence-electron chi connectivity index (χ1n) is 5.16. The highest BCUT2D eigenvalue weighted by molar-refractivity contribution is 5.15. The molecule has 0 aromatic heterocycles. The van der Waals surface area contributed by atoms with Gasteiger partial charge in [0, 0.05) is 12.5 Å². The van der Waals surface area contributed by atoms with Crippen LogP contribution in [0.25, 0.3) is 0 Å². The summed E-state index contributed by atoms with van der Waals surface area (Å²) in [6.07, 6.45) is 1.49. The standard InChI is InChI=1S/C12H16O2/c13-12(11-6-7-14-9-11)8-10-4-2-1-3-5-10/h1-5,11-13H,6-9H2. The minimum Gasteiger partial charge on any atom is -0.392 e. The molecule has 0 bridgehead atoms. The molecule has 0 amide bonds. The Balaban J connectivity index is 1.90. The maximum absolute atomic E-state index is 9.92. The Bertz CT molecular complexity index is 265. The second-order valence-corrected chi connectivity index (χ2v) is 3.88. The van der Waals surface area contributed by atoms with Crippen LogP contribution in [0.4, 0.5) is 0 Å². The molecule has 1 aliphatic rings. The predicted molar refractivity (Wildman–Crippen MR) is 55.1 cm³/mol. The first kappa shape index (κ1) is 9.69. The van der Waals surface area contributed by atoms with Crippen molar-refractivity contribution in [3.8, 4) is 0 Å². The third-order valence-corrected chi connectivity index (χ3v) is 2.80. The molecule has 1 heterocycles. The summed E-state index contributed by atoms with van der Waals surface area (Å²) in [7, 11) is 0. The van der Waals surface area contributed by atoms with E-state index in [1.54, 1.807) is 0 Å². The molecule has 0 aliphatic carbocycles. The van der Waals surface area contributed by atoms with Crippen LogP contribution in [-0.2, 0) is 11.2 Å². The van der Waals surface area contributed by atoms with Crippen LogP contribution >= 0.6 is 0 Å². The van der Waals surface area contributed by atoms with E-state index < -0.39 is 0 Å². The normalized spacial score (nSPS) is 23.6. The fraction of sp³-hybridized carbons (Fsp3) is 0.500. The molecule has 1 N–H and O–H groups in total. The fourth-order valence-electron chi connectivity index (χ4n) is 1.88. The predicted octanol–water partition coefficient (Wildman–Crippen LogP) is 1.63. The summed E-state index contributed by atoms with van der Waals surface area (Å²) >= 11 is 0. The van der Waals surface area contributed by atoms with E-state index in [4.69, 9.17) is 4.74 Å². The van der Waals surface area contributed by atoms with Crippen LogP contribution in [-0.4, -0.2) is 24.4 Å². The number of hydrogen-bond donors (Lipinski definition) is 1. The van der Waals surface area contributed by atoms with Gasteiger partial charge in [-0.25, -0.2) is 0 Å². The molecule has 0 spiro atoms. The smallest absolute Gasteiger partial charge is 0.0631 e. The van der Waals surface area contributed by atoms with Crippen molar-refractivity contribution in [1.29, 1.82) is 0 Å². The van der Waals surface area contributed by atoms with Crippen molar-refractivity contribution in [3.63, 3.8) is 0 Å². The maximum Gasteiger partial charge on any atom is 0.0631 e. The molecule has 2 nitrogen and oxygen atoms in total. The molecule has 1 aliphatic heterocycles. The minimum atomic E-state index is -0.250. The first-order valence-corrected chi connectivity index (χ1v) is 5.16. The lowest BCUT2D eigenvalue weighted by molar-refractivity contribution is 0.0919. The van der Waals surface area contributed by atoms with Crippen LogP contribution in [0.1, 0.15) is 12.0 Å². The summed E-state index contributed by atoms with van der Waals surface area (Å²) in [5.74, 6) is 0.329. The van der Waals surface area contributed by atoms with Gasteiger partial charge >= 0.3 is 0 Å². The van der Waals surface area contributed by atoms with Crippen molar-refractivity contribution in [2.45, 2.75) is 18.9 Å². The summed E-state index contributed by atoms with van der Waals surface area (Å²) in [5.41, 5.74) is 1.20. The van der Waals surface area contributed by atoms with Gasteiger partial charge in [-0.05, 0) is 18.4 Å². The van der Waals surface area contributed by atoms with Crippen LogP contribution in [0, 0.1) is 5.92 Å². The molecule has 1 aromatic carbocycles. The van der Waals surface area contributed by atoms with Crippen LogP contribution in [0.5, 0.6) is 0 Å². The second kappa shape index (κ2) is 4.58. The molecular formula is C12H16O2. The lowest BCUT2D eigenvalue weighted by Crippen LogP contribution is -2.22. The molecule has 0 saturated carbocycles. The lowest BCUT2D eigenvalue weighted by atomic mass is 9.96. The van der Waals surface area contributed by atoms with E-state index in [0.717, 1.165) is 19.4 Å². The number of rotatable bonds is 3. The van der Waals surface area contributed by atoms with Gasteiger partial charge < -0.3 is 9.84 Å². The Morgan fingerprint density at radius 2 is 2.14 bits per heavy atom. The van der Waals surface area contributed by atoms with Gasteiger partial charge in [-0.1, -0.05) is 30.3 Å². The van der Waals surface area contributed by atoms with E-state index in [2.05, 4.69) is 12.1 Å². The Hall–Kier alpha value is -0.860. The second-order valence-electron chi connectivity index (χ2n) is 3.88. The van der Waals surface area contributed by atoms with E-state index in [-0.39, 0.29) is 6.10 Å². The third-order valence-electron chi connectivity index (χ3n) is 2.80. The van der Waals surface area contributed by atoms with Crippen molar-refractivity contribution >= 4 is 0 Å². The molecule has 14 heavy (non-hydrogen) atoms. The average Bonchev–Trinajstić information content (AvgIpc) is 2.72. The Morgan fingerprint density at radius 3 is 2.79 bits per heavy atom. The van der Waals surface area contributed by atoms with Crippen molar-refractivity contribution in [2.24, 2.45) is 5.92 Å². The zero-order valence-corrected chi connectivity index (χ0v) is 8.23. The van der Waals surface area contributed by atoms with E-state index >= 15 is 0 Å². The molecule has 2 atom stereocenters. The lowest BCUT2D eigenvalue weighted by Gasteiger charge is -2.16. The van der Waals surface area contributed by atoms with E-state index in [1.165, 1.54) is 5.56 Å². The summed E-state index contributed by atoms with van der Waals surface area (Å²) in [6, 6.07) is 10.1. The summed E-state index contributed by atoms with van der Waals surface area (Å²) in [6.45, 7) is 1.52. The van der Waals surface area contributed by atoms with Crippen molar-refractivity contribution in [1.82, 2.24) is 0 Å². The highest BCUT2D eigenvalue weighted by atomic mass is 16.5. The molecule has 1 aromatic rings. The Labute approximate surface area is 84.5 Å². The highest BCUT2D eigenvalue weighted by Crippen LogP contribution is 2.19. The summed E-state index contributed by atoms with van der Waals surface area (Å²) in [4.78, 5) is 0. The summed E-state index contributed by atoms with van der Waals surface area (Å²) < 4.78 is 5.26. The zero-order valence-electron chi connectivity index (χ0n) is 8.23. The molecule has 76 valence electrons. The van der Waals surface area contributed by atoms with Gasteiger partial charge in [0.15, 0.2) is 0 Å². The van der Waals surface area contributed by atoms with Gasteiger partial charge in [-0.15, -0.1) is 0 Å². The first-order chi connectivity index (χ1) is 6.86. The largest absolute Gasteiger partial charge is 0.392 e.